The van der Waals surface area contributed by atoms with Crippen LogP contribution in [0.1, 0.15) is 33.1 Å². The first-order valence-electron chi connectivity index (χ1n) is 12.9. The van der Waals surface area contributed by atoms with Crippen LogP contribution in [-0.2, 0) is 5.41 Å². The Morgan fingerprint density at radius 1 is 1.05 bits per heavy atom. The minimum atomic E-state index is -0.280. The maximum absolute atomic E-state index is 13.5. The Bertz CT molecular complexity index is 1770. The molecule has 2 aliphatic rings. The summed E-state index contributed by atoms with van der Waals surface area (Å²) in [4.78, 5) is 23.0. The molecule has 0 spiro atoms. The highest BCUT2D eigenvalue weighted by molar-refractivity contribution is 5.93. The van der Waals surface area contributed by atoms with Crippen molar-refractivity contribution >= 4 is 22.5 Å². The summed E-state index contributed by atoms with van der Waals surface area (Å²) in [7, 11) is 0. The second kappa shape index (κ2) is 8.60. The zero-order valence-corrected chi connectivity index (χ0v) is 21.3. The fourth-order valence-electron chi connectivity index (χ4n) is 6.63. The number of aryl methyl sites for hydroxylation is 1. The first-order chi connectivity index (χ1) is 19.0. The van der Waals surface area contributed by atoms with Gasteiger partial charge in [-0.25, -0.2) is 13.9 Å². The Morgan fingerprint density at radius 2 is 1.85 bits per heavy atom. The van der Waals surface area contributed by atoms with Gasteiger partial charge in [0.05, 0.1) is 24.0 Å². The molecule has 3 aromatic carbocycles. The third-order valence-electron chi connectivity index (χ3n) is 8.41. The summed E-state index contributed by atoms with van der Waals surface area (Å²) in [6, 6.07) is 24.5. The van der Waals surface area contributed by atoms with Gasteiger partial charge < -0.3 is 4.90 Å². The molecule has 1 amide bonds. The van der Waals surface area contributed by atoms with Crippen LogP contribution in [0.2, 0.25) is 0 Å². The van der Waals surface area contributed by atoms with Gasteiger partial charge >= 0.3 is 0 Å². The smallest absolute Gasteiger partial charge is 0.272 e. The van der Waals surface area contributed by atoms with Crippen molar-refractivity contribution in [2.45, 2.75) is 18.3 Å². The number of aromatic nitrogens is 3. The van der Waals surface area contributed by atoms with Gasteiger partial charge in [0.15, 0.2) is 0 Å². The maximum atomic E-state index is 13.5. The van der Waals surface area contributed by atoms with E-state index in [1.807, 2.05) is 21.8 Å². The van der Waals surface area contributed by atoms with Crippen molar-refractivity contribution in [1.29, 1.82) is 0 Å². The highest BCUT2D eigenvalue weighted by Gasteiger charge is 2.71. The number of nitrogens with zero attached hydrogens (tertiary/aromatic N) is 5. The predicted octanol–water partition coefficient (Wildman–Crippen LogP) is 6.23. The van der Waals surface area contributed by atoms with E-state index >= 15 is 0 Å². The van der Waals surface area contributed by atoms with Crippen molar-refractivity contribution < 1.29 is 9.18 Å². The van der Waals surface area contributed by atoms with Gasteiger partial charge in [0.25, 0.3) is 5.91 Å². The minimum Gasteiger partial charge on any atom is -0.336 e. The van der Waals surface area contributed by atoms with Gasteiger partial charge in [-0.05, 0) is 72.0 Å². The first kappa shape index (κ1) is 23.3. The lowest BCUT2D eigenvalue weighted by atomic mass is 9.86. The third kappa shape index (κ3) is 3.56. The van der Waals surface area contributed by atoms with Crippen molar-refractivity contribution in [2.24, 2.45) is 5.92 Å². The normalized spacial score (nSPS) is 21.5. The molecule has 1 saturated heterocycles. The minimum absolute atomic E-state index is 0.104. The molecule has 3 heterocycles. The van der Waals surface area contributed by atoms with Gasteiger partial charge in [-0.1, -0.05) is 36.4 Å². The molecule has 2 aromatic heterocycles. The fourth-order valence-corrected chi connectivity index (χ4v) is 6.63. The summed E-state index contributed by atoms with van der Waals surface area (Å²) in [5.41, 5.74) is 6.01. The number of fused-ring (bicyclic) bond motifs is 2. The molecule has 5 aromatic rings. The molecular formula is C32H24FN5O. The van der Waals surface area contributed by atoms with Gasteiger partial charge in [0.1, 0.15) is 11.5 Å². The molecule has 1 aliphatic heterocycles. The highest BCUT2D eigenvalue weighted by atomic mass is 19.1. The van der Waals surface area contributed by atoms with Crippen LogP contribution in [0.5, 0.6) is 0 Å². The van der Waals surface area contributed by atoms with Gasteiger partial charge in [-0.3, -0.25) is 9.78 Å². The van der Waals surface area contributed by atoms with Crippen LogP contribution in [0.4, 0.5) is 10.1 Å². The molecule has 1 saturated carbocycles. The Labute approximate surface area is 225 Å². The number of pyridine rings is 1. The molecule has 190 valence electrons. The average Bonchev–Trinajstić information content (AvgIpc) is 3.23. The standard InChI is InChI=1S/C32H24FN5O/c1-20-14-29-22(16-36-38(29)25-11-8-23(33)9-12-25)15-26(20)32-19-37(31(39)28-13-10-24(34-2)17-35-28)18-27(32)30(32)21-6-4-3-5-7-21/h3-17,27,30H,18-19H2,1H3/t27-,30-,32+/m1/s1. The summed E-state index contributed by atoms with van der Waals surface area (Å²) in [5, 5.41) is 5.62. The monoisotopic (exact) mass is 513 g/mol. The molecular weight excluding hydrogens is 489 g/mol. The largest absolute Gasteiger partial charge is 0.336 e. The fraction of sp³-hybridized carbons (Fsp3) is 0.188. The number of carbonyl (C=O) groups excluding carboxylic acids is 1. The van der Waals surface area contributed by atoms with Crippen LogP contribution in [0.25, 0.3) is 21.4 Å². The van der Waals surface area contributed by atoms with Crippen molar-refractivity contribution in [3.05, 3.63) is 131 Å². The molecule has 0 radical (unpaired) electrons. The van der Waals surface area contributed by atoms with Crippen LogP contribution in [-0.4, -0.2) is 38.7 Å². The van der Waals surface area contributed by atoms with E-state index in [0.29, 0.717) is 30.4 Å². The Kier molecular flexibility index (Phi) is 5.14. The zero-order chi connectivity index (χ0) is 26.7. The topological polar surface area (TPSA) is 55.4 Å². The number of hydrogen-bond donors (Lipinski definition) is 0. The summed E-state index contributed by atoms with van der Waals surface area (Å²) in [6.07, 6.45) is 3.31. The van der Waals surface area contributed by atoms with Gasteiger partial charge in [-0.2, -0.15) is 5.10 Å². The third-order valence-corrected chi connectivity index (χ3v) is 8.41. The van der Waals surface area contributed by atoms with Crippen LogP contribution >= 0.6 is 0 Å². The van der Waals surface area contributed by atoms with E-state index in [-0.39, 0.29) is 23.1 Å². The molecule has 6 nitrogen and oxygen atoms in total. The van der Waals surface area contributed by atoms with Crippen LogP contribution in [0.15, 0.2) is 91.3 Å². The maximum Gasteiger partial charge on any atom is 0.272 e. The first-order valence-corrected chi connectivity index (χ1v) is 12.9. The van der Waals surface area contributed by atoms with Gasteiger partial charge in [0.2, 0.25) is 5.69 Å². The van der Waals surface area contributed by atoms with E-state index in [4.69, 9.17) is 6.57 Å². The van der Waals surface area contributed by atoms with E-state index in [9.17, 15) is 9.18 Å². The second-order valence-electron chi connectivity index (χ2n) is 10.5. The summed E-state index contributed by atoms with van der Waals surface area (Å²) >= 11 is 0. The number of halogens is 1. The number of rotatable bonds is 4. The predicted molar refractivity (Wildman–Crippen MR) is 147 cm³/mol. The van der Waals surface area contributed by atoms with Crippen molar-refractivity contribution in [2.75, 3.05) is 13.1 Å². The van der Waals surface area contributed by atoms with Crippen molar-refractivity contribution in [3.63, 3.8) is 0 Å². The van der Waals surface area contributed by atoms with E-state index in [1.54, 1.807) is 24.3 Å². The van der Waals surface area contributed by atoms with E-state index in [2.05, 4.69) is 58.2 Å². The zero-order valence-electron chi connectivity index (χ0n) is 21.3. The number of likely N-dealkylation sites (tertiary alicyclic amines) is 1. The van der Waals surface area contributed by atoms with Gasteiger partial charge in [-0.15, -0.1) is 0 Å². The average molecular weight is 514 g/mol. The quantitative estimate of drug-likeness (QED) is 0.268. The second-order valence-corrected chi connectivity index (χ2v) is 10.5. The van der Waals surface area contributed by atoms with E-state index in [1.165, 1.54) is 29.5 Å². The number of piperidine rings is 1. The van der Waals surface area contributed by atoms with Crippen LogP contribution in [0.3, 0.4) is 0 Å². The Morgan fingerprint density at radius 3 is 2.56 bits per heavy atom. The molecule has 0 N–H and O–H groups in total. The number of hydrogen-bond acceptors (Lipinski definition) is 3. The SMILES string of the molecule is [C-]#[N+]c1ccc(C(=O)N2C[C@@H]3[C@@H](c4ccccc4)[C@]3(c3cc4cnn(-c5ccc(F)cc5)c4cc3C)C2)nc1. The van der Waals surface area contributed by atoms with Crippen molar-refractivity contribution in [3.8, 4) is 5.69 Å². The van der Waals surface area contributed by atoms with Crippen LogP contribution < -0.4 is 0 Å². The summed E-state index contributed by atoms with van der Waals surface area (Å²) in [6.45, 7) is 10.5. The number of carbonyl (C=O) groups is 1. The Hall–Kier alpha value is -4.83. The number of benzene rings is 3. The molecule has 7 rings (SSSR count). The van der Waals surface area contributed by atoms with E-state index in [0.717, 1.165) is 22.2 Å². The highest BCUT2D eigenvalue weighted by Crippen LogP contribution is 2.69. The van der Waals surface area contributed by atoms with Crippen molar-refractivity contribution in [1.82, 2.24) is 19.7 Å². The van der Waals surface area contributed by atoms with Gasteiger partial charge in [0, 0.05) is 36.0 Å². The lowest BCUT2D eigenvalue weighted by Gasteiger charge is -2.25. The summed E-state index contributed by atoms with van der Waals surface area (Å²) < 4.78 is 15.4. The molecule has 7 heteroatoms. The molecule has 1 aliphatic carbocycles. The molecule has 3 atom stereocenters. The molecule has 0 unspecified atom stereocenters. The van der Waals surface area contributed by atoms with E-state index < -0.39 is 0 Å². The number of amides is 1. The lowest BCUT2D eigenvalue weighted by Crippen LogP contribution is -2.35. The van der Waals surface area contributed by atoms with Crippen LogP contribution in [0, 0.1) is 25.2 Å². The molecule has 0 bridgehead atoms. The lowest BCUT2D eigenvalue weighted by molar-refractivity contribution is 0.0763. The Balaban J connectivity index is 1.29. The summed E-state index contributed by atoms with van der Waals surface area (Å²) in [5.74, 6) is 0.211. The molecule has 2 fully saturated rings. The molecule has 39 heavy (non-hydrogen) atoms.